The van der Waals surface area contributed by atoms with E-state index in [0.29, 0.717) is 29.0 Å². The number of rotatable bonds is 7. The van der Waals surface area contributed by atoms with Crippen LogP contribution in [0.3, 0.4) is 0 Å². The van der Waals surface area contributed by atoms with E-state index < -0.39 is 5.91 Å². The maximum absolute atomic E-state index is 12.9. The van der Waals surface area contributed by atoms with Gasteiger partial charge in [-0.15, -0.1) is 0 Å². The molecule has 0 saturated heterocycles. The summed E-state index contributed by atoms with van der Waals surface area (Å²) in [6.07, 6.45) is 0.913. The van der Waals surface area contributed by atoms with Crippen molar-refractivity contribution in [2.75, 3.05) is 5.32 Å². The number of nitrogens with one attached hydrogen (secondary N) is 2. The first-order valence-corrected chi connectivity index (χ1v) is 9.34. The predicted molar refractivity (Wildman–Crippen MR) is 108 cm³/mol. The number of hydrogen-bond donors (Lipinski definition) is 2. The van der Waals surface area contributed by atoms with Gasteiger partial charge in [0.1, 0.15) is 0 Å². The minimum absolute atomic E-state index is 0.0891. The van der Waals surface area contributed by atoms with E-state index in [2.05, 4.69) is 64.0 Å². The summed E-state index contributed by atoms with van der Waals surface area (Å²) in [4.78, 5) is 24.8. The molecule has 142 valence electrons. The Kier molecular flexibility index (Phi) is 8.38. The van der Waals surface area contributed by atoms with Crippen LogP contribution in [0.4, 0.5) is 5.69 Å². The first-order chi connectivity index (χ1) is 12.1. The van der Waals surface area contributed by atoms with Crippen LogP contribution in [0.5, 0.6) is 0 Å². The van der Waals surface area contributed by atoms with E-state index in [9.17, 15) is 9.59 Å². The van der Waals surface area contributed by atoms with Gasteiger partial charge in [0.2, 0.25) is 0 Å². The molecule has 0 aromatic heterocycles. The van der Waals surface area contributed by atoms with Crippen molar-refractivity contribution >= 4 is 17.5 Å². The maximum Gasteiger partial charge on any atom is 0.300 e. The summed E-state index contributed by atoms with van der Waals surface area (Å²) in [7, 11) is 0. The average molecular weight is 357 g/mol. The van der Waals surface area contributed by atoms with Crippen LogP contribution in [0.1, 0.15) is 76.7 Å². The summed E-state index contributed by atoms with van der Waals surface area (Å²) in [5, 5.41) is 5.89. The zero-order valence-corrected chi connectivity index (χ0v) is 17.1. The number of anilines is 1. The van der Waals surface area contributed by atoms with E-state index >= 15 is 0 Å². The molecule has 0 aliphatic rings. The average Bonchev–Trinajstić information content (AvgIpc) is 2.53. The lowest BCUT2D eigenvalue weighted by Gasteiger charge is -2.25. The minimum atomic E-state index is -0.412. The van der Waals surface area contributed by atoms with Gasteiger partial charge in [0, 0.05) is 6.04 Å². The summed E-state index contributed by atoms with van der Waals surface area (Å²) in [6, 6.07) is 5.67. The molecule has 0 saturated carbocycles. The standard InChI is InChI=1S/C22H32N2O2/c1-8-9-21(25)23-20-13-17(15(4)5)10-11-18(20)22(26)24-19(16(6)7)12-14(2)3/h10-11,13-16,19H,12H2,1-7H3,(H,23,25)(H,24,26). The third-order valence-electron chi connectivity index (χ3n) is 4.29. The molecule has 0 bridgehead atoms. The molecule has 0 aliphatic carbocycles. The normalized spacial score (nSPS) is 11.9. The van der Waals surface area contributed by atoms with Crippen LogP contribution in [0.15, 0.2) is 18.2 Å². The number of benzene rings is 1. The SMILES string of the molecule is CC#CC(=O)Nc1cc(C(C)C)ccc1C(=O)NC(CC(C)C)C(C)C. The van der Waals surface area contributed by atoms with Crippen molar-refractivity contribution in [1.29, 1.82) is 0 Å². The molecule has 0 fully saturated rings. The van der Waals surface area contributed by atoms with Crippen molar-refractivity contribution in [1.82, 2.24) is 5.32 Å². The van der Waals surface area contributed by atoms with E-state index in [1.165, 1.54) is 0 Å². The Bertz CT molecular complexity index is 694. The highest BCUT2D eigenvalue weighted by atomic mass is 16.2. The second kappa shape index (κ2) is 10.0. The molecule has 0 heterocycles. The monoisotopic (exact) mass is 356 g/mol. The molecule has 1 unspecified atom stereocenters. The van der Waals surface area contributed by atoms with Crippen molar-refractivity contribution < 1.29 is 9.59 Å². The fourth-order valence-corrected chi connectivity index (χ4v) is 2.74. The third kappa shape index (κ3) is 6.55. The van der Waals surface area contributed by atoms with Crippen molar-refractivity contribution in [3.63, 3.8) is 0 Å². The lowest BCUT2D eigenvalue weighted by atomic mass is 9.94. The fraction of sp³-hybridized carbons (Fsp3) is 0.545. The fourth-order valence-electron chi connectivity index (χ4n) is 2.74. The lowest BCUT2D eigenvalue weighted by Crippen LogP contribution is -2.39. The van der Waals surface area contributed by atoms with Crippen LogP contribution < -0.4 is 10.6 Å². The Hall–Kier alpha value is -2.28. The first kappa shape index (κ1) is 21.8. The van der Waals surface area contributed by atoms with Gasteiger partial charge < -0.3 is 10.6 Å². The molecule has 2 N–H and O–H groups in total. The van der Waals surface area contributed by atoms with Gasteiger partial charge >= 0.3 is 0 Å². The second-order valence-electron chi connectivity index (χ2n) is 7.74. The highest BCUT2D eigenvalue weighted by Gasteiger charge is 2.21. The summed E-state index contributed by atoms with van der Waals surface area (Å²) in [5.41, 5.74) is 2.03. The maximum atomic E-state index is 12.9. The summed E-state index contributed by atoms with van der Waals surface area (Å²) in [5.74, 6) is 5.58. The van der Waals surface area contributed by atoms with Crippen LogP contribution in [0.2, 0.25) is 0 Å². The minimum Gasteiger partial charge on any atom is -0.349 e. The molecule has 1 aromatic carbocycles. The Labute approximate surface area is 158 Å². The zero-order chi connectivity index (χ0) is 19.9. The lowest BCUT2D eigenvalue weighted by molar-refractivity contribution is -0.111. The summed E-state index contributed by atoms with van der Waals surface area (Å²) < 4.78 is 0. The molecule has 4 heteroatoms. The van der Waals surface area contributed by atoms with E-state index in [4.69, 9.17) is 0 Å². The molecular weight excluding hydrogens is 324 g/mol. The number of hydrogen-bond acceptors (Lipinski definition) is 2. The Morgan fingerprint density at radius 3 is 2.23 bits per heavy atom. The third-order valence-corrected chi connectivity index (χ3v) is 4.29. The molecule has 0 radical (unpaired) electrons. The van der Waals surface area contributed by atoms with Crippen molar-refractivity contribution in [3.05, 3.63) is 29.3 Å². The Morgan fingerprint density at radius 1 is 1.08 bits per heavy atom. The van der Waals surface area contributed by atoms with E-state index in [0.717, 1.165) is 12.0 Å². The van der Waals surface area contributed by atoms with Gasteiger partial charge in [0.15, 0.2) is 0 Å². The predicted octanol–water partition coefficient (Wildman–Crippen LogP) is 4.57. The van der Waals surface area contributed by atoms with Gasteiger partial charge in [-0.25, -0.2) is 0 Å². The molecule has 0 spiro atoms. The number of amides is 2. The van der Waals surface area contributed by atoms with Gasteiger partial charge in [-0.05, 0) is 54.7 Å². The molecule has 1 rings (SSSR count). The van der Waals surface area contributed by atoms with E-state index in [1.54, 1.807) is 13.0 Å². The molecule has 2 amide bonds. The van der Waals surface area contributed by atoms with Crippen molar-refractivity contribution in [3.8, 4) is 11.8 Å². The first-order valence-electron chi connectivity index (χ1n) is 9.34. The van der Waals surface area contributed by atoms with E-state index in [1.807, 2.05) is 12.1 Å². The molecule has 26 heavy (non-hydrogen) atoms. The Morgan fingerprint density at radius 2 is 1.73 bits per heavy atom. The molecule has 4 nitrogen and oxygen atoms in total. The second-order valence-corrected chi connectivity index (χ2v) is 7.74. The van der Waals surface area contributed by atoms with Crippen LogP contribution in [-0.4, -0.2) is 17.9 Å². The molecular formula is C22H32N2O2. The highest BCUT2D eigenvalue weighted by molar-refractivity contribution is 6.09. The zero-order valence-electron chi connectivity index (χ0n) is 17.1. The van der Waals surface area contributed by atoms with Gasteiger partial charge in [0.05, 0.1) is 11.3 Å². The smallest absolute Gasteiger partial charge is 0.300 e. The molecule has 1 atom stereocenters. The van der Waals surface area contributed by atoms with Crippen molar-refractivity contribution in [2.45, 2.75) is 66.8 Å². The van der Waals surface area contributed by atoms with Crippen LogP contribution in [-0.2, 0) is 4.79 Å². The van der Waals surface area contributed by atoms with Crippen LogP contribution >= 0.6 is 0 Å². The van der Waals surface area contributed by atoms with Crippen LogP contribution in [0.25, 0.3) is 0 Å². The summed E-state index contributed by atoms with van der Waals surface area (Å²) in [6.45, 7) is 14.3. The molecule has 1 aromatic rings. The van der Waals surface area contributed by atoms with Crippen LogP contribution in [0, 0.1) is 23.7 Å². The quantitative estimate of drug-likeness (QED) is 0.703. The van der Waals surface area contributed by atoms with Gasteiger partial charge in [0.25, 0.3) is 11.8 Å². The topological polar surface area (TPSA) is 58.2 Å². The number of carbonyl (C=O) groups is 2. The van der Waals surface area contributed by atoms with Gasteiger partial charge in [-0.2, -0.15) is 0 Å². The van der Waals surface area contributed by atoms with Gasteiger partial charge in [-0.1, -0.05) is 53.5 Å². The van der Waals surface area contributed by atoms with E-state index in [-0.39, 0.29) is 11.9 Å². The van der Waals surface area contributed by atoms with Crippen molar-refractivity contribution in [2.24, 2.45) is 11.8 Å². The van der Waals surface area contributed by atoms with Gasteiger partial charge in [-0.3, -0.25) is 9.59 Å². The highest BCUT2D eigenvalue weighted by Crippen LogP contribution is 2.24. The number of carbonyl (C=O) groups excluding carboxylic acids is 2. The summed E-state index contributed by atoms with van der Waals surface area (Å²) >= 11 is 0. The largest absolute Gasteiger partial charge is 0.349 e. The Balaban J connectivity index is 3.16. The molecule has 0 aliphatic heterocycles.